The SMILES string of the molecule is C[C@H](Oc1ccc(S(C)(=O)=O)cc1C(=O)N1Cc2cc(C3CC3)c(N3CCOCC3)cc2C1)C(F)(F)F. The lowest BCUT2D eigenvalue weighted by Gasteiger charge is -2.31. The van der Waals surface area contributed by atoms with Gasteiger partial charge in [0.2, 0.25) is 0 Å². The molecule has 0 bridgehead atoms. The van der Waals surface area contributed by atoms with Gasteiger partial charge in [0.25, 0.3) is 5.91 Å². The number of benzene rings is 2. The molecule has 1 amide bonds. The van der Waals surface area contributed by atoms with Gasteiger partial charge < -0.3 is 19.3 Å². The lowest BCUT2D eigenvalue weighted by Crippen LogP contribution is -2.36. The number of halogens is 3. The number of carbonyl (C=O) groups excluding carboxylic acids is 1. The Hall–Kier alpha value is -2.79. The van der Waals surface area contributed by atoms with Crippen LogP contribution in [-0.4, -0.2) is 64.1 Å². The predicted octanol–water partition coefficient (Wildman–Crippen LogP) is 4.29. The van der Waals surface area contributed by atoms with E-state index in [0.717, 1.165) is 74.1 Å². The third-order valence-corrected chi connectivity index (χ3v) is 8.21. The predicted molar refractivity (Wildman–Crippen MR) is 131 cm³/mol. The molecule has 1 saturated heterocycles. The van der Waals surface area contributed by atoms with Crippen molar-refractivity contribution in [1.29, 1.82) is 0 Å². The van der Waals surface area contributed by atoms with Crippen LogP contribution in [-0.2, 0) is 27.7 Å². The Balaban J connectivity index is 1.46. The summed E-state index contributed by atoms with van der Waals surface area (Å²) in [6.07, 6.45) is -3.59. The molecule has 2 aromatic carbocycles. The minimum Gasteiger partial charge on any atom is -0.480 e. The van der Waals surface area contributed by atoms with E-state index in [2.05, 4.69) is 17.0 Å². The molecule has 2 aliphatic heterocycles. The Kier molecular flexibility index (Phi) is 6.64. The Labute approximate surface area is 214 Å². The number of hydrogen-bond donors (Lipinski definition) is 0. The van der Waals surface area contributed by atoms with Crippen molar-refractivity contribution in [3.8, 4) is 5.75 Å². The first kappa shape index (κ1) is 25.8. The number of amides is 1. The summed E-state index contributed by atoms with van der Waals surface area (Å²) in [6.45, 7) is 4.29. The zero-order valence-corrected chi connectivity index (χ0v) is 21.5. The van der Waals surface area contributed by atoms with Crippen molar-refractivity contribution in [1.82, 2.24) is 4.90 Å². The maximum atomic E-state index is 13.6. The first-order valence-corrected chi connectivity index (χ1v) is 14.2. The molecule has 37 heavy (non-hydrogen) atoms. The van der Waals surface area contributed by atoms with Crippen LogP contribution >= 0.6 is 0 Å². The van der Waals surface area contributed by atoms with E-state index in [1.54, 1.807) is 0 Å². The quantitative estimate of drug-likeness (QED) is 0.546. The molecule has 0 aromatic heterocycles. The molecule has 1 atom stereocenters. The Morgan fingerprint density at radius 2 is 1.73 bits per heavy atom. The summed E-state index contributed by atoms with van der Waals surface area (Å²) in [7, 11) is -3.70. The standard InChI is InChI=1S/C26H29F3N2O5S/c1-16(26(27,28)29)36-24-6-5-20(37(2,33)34)13-22(24)25(32)31-14-18-11-21(17-3-4-17)23(12-19(18)15-31)30-7-9-35-10-8-30/h5-6,11-13,16-17H,3-4,7-10,14-15H2,1-2H3/t16-/m0/s1. The monoisotopic (exact) mass is 538 g/mol. The van der Waals surface area contributed by atoms with Gasteiger partial charge in [0.15, 0.2) is 15.9 Å². The normalized spacial score (nSPS) is 19.1. The molecule has 1 saturated carbocycles. The molecule has 11 heteroatoms. The van der Waals surface area contributed by atoms with Crippen LogP contribution < -0.4 is 9.64 Å². The van der Waals surface area contributed by atoms with E-state index in [1.807, 2.05) is 0 Å². The molecular weight excluding hydrogens is 509 g/mol. The number of nitrogens with zero attached hydrogens (tertiary/aromatic N) is 2. The van der Waals surface area contributed by atoms with Crippen LogP contribution in [0.3, 0.4) is 0 Å². The van der Waals surface area contributed by atoms with Gasteiger partial charge in [-0.25, -0.2) is 8.42 Å². The van der Waals surface area contributed by atoms with E-state index in [0.29, 0.717) is 19.1 Å². The molecular formula is C26H29F3N2O5S. The van der Waals surface area contributed by atoms with Gasteiger partial charge in [-0.05, 0) is 66.6 Å². The third kappa shape index (κ3) is 5.43. The Bertz CT molecular complexity index is 1320. The van der Waals surface area contributed by atoms with Crippen LogP contribution in [0.4, 0.5) is 18.9 Å². The zero-order chi connectivity index (χ0) is 26.5. The van der Waals surface area contributed by atoms with E-state index in [1.165, 1.54) is 10.5 Å². The van der Waals surface area contributed by atoms with Crippen LogP contribution in [0, 0.1) is 0 Å². The minimum absolute atomic E-state index is 0.162. The number of carbonyl (C=O) groups is 1. The van der Waals surface area contributed by atoms with Gasteiger partial charge in [-0.15, -0.1) is 0 Å². The van der Waals surface area contributed by atoms with Crippen molar-refractivity contribution in [2.45, 2.75) is 55.9 Å². The molecule has 7 nitrogen and oxygen atoms in total. The largest absolute Gasteiger partial charge is 0.480 e. The zero-order valence-electron chi connectivity index (χ0n) is 20.7. The molecule has 3 aliphatic rings. The second-order valence-corrected chi connectivity index (χ2v) is 12.0. The maximum Gasteiger partial charge on any atom is 0.425 e. The summed E-state index contributed by atoms with van der Waals surface area (Å²) in [6, 6.07) is 7.66. The van der Waals surface area contributed by atoms with Crippen molar-refractivity contribution in [2.24, 2.45) is 0 Å². The van der Waals surface area contributed by atoms with Crippen LogP contribution in [0.25, 0.3) is 0 Å². The summed E-state index contributed by atoms with van der Waals surface area (Å²) in [5, 5.41) is 0. The summed E-state index contributed by atoms with van der Waals surface area (Å²) >= 11 is 0. The molecule has 1 aliphatic carbocycles. The number of sulfone groups is 1. The fraction of sp³-hybridized carbons (Fsp3) is 0.500. The van der Waals surface area contributed by atoms with Crippen LogP contribution in [0.2, 0.25) is 0 Å². The smallest absolute Gasteiger partial charge is 0.425 e. The summed E-state index contributed by atoms with van der Waals surface area (Å²) < 4.78 is 74.4. The number of alkyl halides is 3. The third-order valence-electron chi connectivity index (χ3n) is 7.10. The van der Waals surface area contributed by atoms with Crippen molar-refractivity contribution < 1.29 is 35.9 Å². The van der Waals surface area contributed by atoms with Crippen LogP contribution in [0.15, 0.2) is 35.2 Å². The highest BCUT2D eigenvalue weighted by Crippen LogP contribution is 2.46. The summed E-state index contributed by atoms with van der Waals surface area (Å²) in [5.74, 6) is -0.388. The minimum atomic E-state index is -4.64. The molecule has 2 fully saturated rings. The second kappa shape index (κ2) is 9.50. The van der Waals surface area contributed by atoms with Crippen molar-refractivity contribution in [2.75, 3.05) is 37.5 Å². The van der Waals surface area contributed by atoms with Gasteiger partial charge in [-0.2, -0.15) is 13.2 Å². The molecule has 200 valence electrons. The van der Waals surface area contributed by atoms with Gasteiger partial charge in [-0.3, -0.25) is 4.79 Å². The highest BCUT2D eigenvalue weighted by atomic mass is 32.2. The van der Waals surface area contributed by atoms with E-state index >= 15 is 0 Å². The average Bonchev–Trinajstić information content (AvgIpc) is 3.61. The number of morpholine rings is 1. The highest BCUT2D eigenvalue weighted by Gasteiger charge is 2.39. The number of ether oxygens (including phenoxy) is 2. The highest BCUT2D eigenvalue weighted by molar-refractivity contribution is 7.90. The fourth-order valence-electron chi connectivity index (χ4n) is 4.84. The van der Waals surface area contributed by atoms with Gasteiger partial charge in [0.05, 0.1) is 23.7 Å². The summed E-state index contributed by atoms with van der Waals surface area (Å²) in [5.41, 5.74) is 4.18. The average molecular weight is 539 g/mol. The van der Waals surface area contributed by atoms with Crippen LogP contribution in [0.5, 0.6) is 5.75 Å². The van der Waals surface area contributed by atoms with Crippen molar-refractivity contribution in [3.63, 3.8) is 0 Å². The molecule has 2 heterocycles. The molecule has 0 N–H and O–H groups in total. The molecule has 5 rings (SSSR count). The number of hydrogen-bond acceptors (Lipinski definition) is 6. The summed E-state index contributed by atoms with van der Waals surface area (Å²) in [4.78, 5) is 17.3. The fourth-order valence-corrected chi connectivity index (χ4v) is 5.48. The van der Waals surface area contributed by atoms with Crippen molar-refractivity contribution >= 4 is 21.4 Å². The molecule has 0 radical (unpaired) electrons. The molecule has 0 unspecified atom stereocenters. The topological polar surface area (TPSA) is 76.2 Å². The lowest BCUT2D eigenvalue weighted by molar-refractivity contribution is -0.189. The first-order valence-electron chi connectivity index (χ1n) is 12.3. The van der Waals surface area contributed by atoms with Crippen LogP contribution in [0.1, 0.15) is 52.7 Å². The molecule has 2 aromatic rings. The van der Waals surface area contributed by atoms with E-state index in [-0.39, 0.29) is 29.3 Å². The van der Waals surface area contributed by atoms with Gasteiger partial charge in [0.1, 0.15) is 5.75 Å². The van der Waals surface area contributed by atoms with Crippen molar-refractivity contribution in [3.05, 3.63) is 52.6 Å². The van der Waals surface area contributed by atoms with E-state index in [9.17, 15) is 26.4 Å². The number of anilines is 1. The molecule has 0 spiro atoms. The maximum absolute atomic E-state index is 13.6. The Morgan fingerprint density at radius 1 is 1.08 bits per heavy atom. The van der Waals surface area contributed by atoms with Gasteiger partial charge >= 0.3 is 6.18 Å². The van der Waals surface area contributed by atoms with Gasteiger partial charge in [-0.1, -0.05) is 6.07 Å². The first-order chi connectivity index (χ1) is 17.4. The Morgan fingerprint density at radius 3 is 2.32 bits per heavy atom. The number of fused-ring (bicyclic) bond motifs is 1. The van der Waals surface area contributed by atoms with E-state index in [4.69, 9.17) is 9.47 Å². The second-order valence-electron chi connectivity index (χ2n) is 9.95. The van der Waals surface area contributed by atoms with E-state index < -0.39 is 28.0 Å². The number of rotatable bonds is 6. The lowest BCUT2D eigenvalue weighted by atomic mass is 10.00. The van der Waals surface area contributed by atoms with Gasteiger partial charge in [0, 0.05) is 38.1 Å².